The van der Waals surface area contributed by atoms with Crippen molar-refractivity contribution in [2.75, 3.05) is 11.8 Å². The Morgan fingerprint density at radius 3 is 2.73 bits per heavy atom. The summed E-state index contributed by atoms with van der Waals surface area (Å²) in [5.74, 6) is 0.669. The zero-order valence-electron chi connectivity index (χ0n) is 17.8. The van der Waals surface area contributed by atoms with Gasteiger partial charge in [0, 0.05) is 17.9 Å². The third-order valence-electron chi connectivity index (χ3n) is 6.21. The number of halogens is 1. The van der Waals surface area contributed by atoms with E-state index in [0.29, 0.717) is 22.4 Å². The fraction of sp³-hybridized carbons (Fsp3) is 0.304. The van der Waals surface area contributed by atoms with E-state index < -0.39 is 16.2 Å². The molecule has 0 bridgehead atoms. The zero-order chi connectivity index (χ0) is 23.2. The number of allylic oxidation sites excluding steroid dienone is 3. The van der Waals surface area contributed by atoms with E-state index in [4.69, 9.17) is 9.15 Å². The number of benzene rings is 1. The Labute approximate surface area is 189 Å². The largest absolute Gasteiger partial charge is 0.495 e. The number of nitrogens with zero attached hydrogens (tertiary/aromatic N) is 2. The van der Waals surface area contributed by atoms with Crippen molar-refractivity contribution in [2.24, 2.45) is 5.92 Å². The van der Waals surface area contributed by atoms with Crippen LogP contribution in [-0.4, -0.2) is 31.3 Å². The summed E-state index contributed by atoms with van der Waals surface area (Å²) in [6, 6.07) is 7.06. The Morgan fingerprint density at radius 1 is 1.24 bits per heavy atom. The number of hydrogen-bond donors (Lipinski definition) is 1. The van der Waals surface area contributed by atoms with Gasteiger partial charge < -0.3 is 9.15 Å². The van der Waals surface area contributed by atoms with E-state index in [2.05, 4.69) is 9.71 Å². The fourth-order valence-corrected chi connectivity index (χ4v) is 5.30. The summed E-state index contributed by atoms with van der Waals surface area (Å²) in [6.45, 7) is 0. The van der Waals surface area contributed by atoms with Crippen molar-refractivity contribution >= 4 is 32.6 Å². The van der Waals surface area contributed by atoms with Crippen molar-refractivity contribution in [3.63, 3.8) is 0 Å². The Kier molecular flexibility index (Phi) is 5.32. The van der Waals surface area contributed by atoms with Crippen LogP contribution in [-0.2, 0) is 14.8 Å². The van der Waals surface area contributed by atoms with Crippen LogP contribution in [0.4, 0.5) is 10.4 Å². The quantitative estimate of drug-likeness (QED) is 0.581. The van der Waals surface area contributed by atoms with Crippen molar-refractivity contribution in [1.82, 2.24) is 9.55 Å². The van der Waals surface area contributed by atoms with E-state index in [1.165, 1.54) is 54.5 Å². The Hall–Kier alpha value is -3.40. The number of sulfonamides is 1. The van der Waals surface area contributed by atoms with Crippen LogP contribution in [0.3, 0.4) is 0 Å². The molecule has 172 valence electrons. The summed E-state index contributed by atoms with van der Waals surface area (Å²) in [5.41, 5.74) is 1.24. The Bertz CT molecular complexity index is 1440. The van der Waals surface area contributed by atoms with Gasteiger partial charge in [0.2, 0.25) is 0 Å². The van der Waals surface area contributed by atoms with Gasteiger partial charge in [-0.1, -0.05) is 6.42 Å². The van der Waals surface area contributed by atoms with Crippen LogP contribution in [0.15, 0.2) is 74.3 Å². The number of oxazole rings is 1. The van der Waals surface area contributed by atoms with Crippen LogP contribution >= 0.6 is 0 Å². The molecular weight excluding hydrogens is 449 g/mol. The SMILES string of the molecule is COC1=C(n2c(=O)ccc3cc(S(=O)(=O)Nc4ncco4)ccc32)CC(F)C(C2CCC2)=C1. The highest BCUT2D eigenvalue weighted by Crippen LogP contribution is 2.41. The lowest BCUT2D eigenvalue weighted by atomic mass is 9.75. The minimum Gasteiger partial charge on any atom is -0.495 e. The lowest BCUT2D eigenvalue weighted by Gasteiger charge is -2.33. The molecule has 0 aliphatic heterocycles. The van der Waals surface area contributed by atoms with E-state index >= 15 is 4.39 Å². The van der Waals surface area contributed by atoms with Crippen molar-refractivity contribution < 1.29 is 22.0 Å². The van der Waals surface area contributed by atoms with E-state index in [1.807, 2.05) is 0 Å². The van der Waals surface area contributed by atoms with Gasteiger partial charge in [0.05, 0.1) is 29.4 Å². The molecular formula is C23H22FN3O5S. The van der Waals surface area contributed by atoms with Gasteiger partial charge in [-0.05, 0) is 54.7 Å². The molecule has 1 aromatic carbocycles. The second-order valence-corrected chi connectivity index (χ2v) is 9.81. The second-order valence-electron chi connectivity index (χ2n) is 8.13. The Balaban J connectivity index is 1.60. The molecule has 1 unspecified atom stereocenters. The standard InChI is InChI=1S/C23H22FN3O5S/c1-31-21-12-17(14-3-2-4-14)18(24)13-20(21)27-19-7-6-16(11-15(19)5-8-22(27)28)33(29,30)26-23-25-9-10-32-23/h5-12,14,18H,2-4,13H2,1H3,(H,25,26). The molecule has 0 amide bonds. The third kappa shape index (κ3) is 3.84. The average molecular weight is 472 g/mol. The molecule has 5 rings (SSSR count). The molecule has 2 aliphatic rings. The molecule has 1 saturated carbocycles. The molecule has 3 aromatic rings. The number of ether oxygens (including phenoxy) is 1. The maximum atomic E-state index is 15.1. The number of aromatic nitrogens is 2. The van der Waals surface area contributed by atoms with Gasteiger partial charge >= 0.3 is 6.01 Å². The third-order valence-corrected chi connectivity index (χ3v) is 7.53. The summed E-state index contributed by atoms with van der Waals surface area (Å²) in [6.07, 6.45) is 6.13. The highest BCUT2D eigenvalue weighted by atomic mass is 32.2. The highest BCUT2D eigenvalue weighted by Gasteiger charge is 2.33. The number of nitrogens with one attached hydrogen (secondary N) is 1. The van der Waals surface area contributed by atoms with E-state index in [1.54, 1.807) is 6.08 Å². The first-order valence-electron chi connectivity index (χ1n) is 10.6. The summed E-state index contributed by atoms with van der Waals surface area (Å²) in [7, 11) is -2.46. The predicted molar refractivity (Wildman–Crippen MR) is 121 cm³/mol. The van der Waals surface area contributed by atoms with Gasteiger partial charge in [-0.3, -0.25) is 9.36 Å². The van der Waals surface area contributed by atoms with Crippen LogP contribution in [0.2, 0.25) is 0 Å². The Morgan fingerprint density at radius 2 is 2.06 bits per heavy atom. The molecule has 1 atom stereocenters. The second kappa shape index (κ2) is 8.18. The van der Waals surface area contributed by atoms with Crippen LogP contribution < -0.4 is 10.3 Å². The number of rotatable bonds is 6. The number of alkyl halides is 1. The number of hydrogen-bond acceptors (Lipinski definition) is 6. The molecule has 0 saturated heterocycles. The van der Waals surface area contributed by atoms with Crippen LogP contribution in [0.1, 0.15) is 25.7 Å². The topological polar surface area (TPSA) is 103 Å². The molecule has 8 nitrogen and oxygen atoms in total. The van der Waals surface area contributed by atoms with Crippen molar-refractivity contribution in [1.29, 1.82) is 0 Å². The monoisotopic (exact) mass is 471 g/mol. The zero-order valence-corrected chi connectivity index (χ0v) is 18.6. The smallest absolute Gasteiger partial charge is 0.308 e. The molecule has 1 N–H and O–H groups in total. The maximum absolute atomic E-state index is 15.1. The highest BCUT2D eigenvalue weighted by molar-refractivity contribution is 7.92. The summed E-state index contributed by atoms with van der Waals surface area (Å²) >= 11 is 0. The van der Waals surface area contributed by atoms with Gasteiger partial charge in [0.25, 0.3) is 15.6 Å². The van der Waals surface area contributed by atoms with Gasteiger partial charge in [0.1, 0.15) is 18.2 Å². The van der Waals surface area contributed by atoms with E-state index in [0.717, 1.165) is 24.8 Å². The molecule has 2 aromatic heterocycles. The molecule has 33 heavy (non-hydrogen) atoms. The van der Waals surface area contributed by atoms with Gasteiger partial charge in [-0.2, -0.15) is 0 Å². The molecule has 2 heterocycles. The van der Waals surface area contributed by atoms with Crippen LogP contribution in [0.5, 0.6) is 0 Å². The first-order valence-corrected chi connectivity index (χ1v) is 12.1. The molecule has 0 radical (unpaired) electrons. The molecule has 2 aliphatic carbocycles. The minimum atomic E-state index is -3.96. The summed E-state index contributed by atoms with van der Waals surface area (Å²) < 4.78 is 54.7. The van der Waals surface area contributed by atoms with Gasteiger partial charge in [0.15, 0.2) is 0 Å². The van der Waals surface area contributed by atoms with E-state index in [-0.39, 0.29) is 28.8 Å². The lowest BCUT2D eigenvalue weighted by molar-refractivity contribution is 0.264. The number of anilines is 1. The molecule has 1 fully saturated rings. The van der Waals surface area contributed by atoms with Crippen molar-refractivity contribution in [2.45, 2.75) is 36.8 Å². The number of methoxy groups -OCH3 is 1. The van der Waals surface area contributed by atoms with Crippen LogP contribution in [0.25, 0.3) is 16.6 Å². The van der Waals surface area contributed by atoms with Gasteiger partial charge in [-0.15, -0.1) is 0 Å². The number of pyridine rings is 1. The first kappa shape index (κ1) is 21.4. The first-order chi connectivity index (χ1) is 15.9. The fourth-order valence-electron chi connectivity index (χ4n) is 4.32. The summed E-state index contributed by atoms with van der Waals surface area (Å²) in [4.78, 5) is 16.6. The van der Waals surface area contributed by atoms with Crippen molar-refractivity contribution in [3.05, 3.63) is 70.6 Å². The van der Waals surface area contributed by atoms with Gasteiger partial charge in [-0.25, -0.2) is 22.5 Å². The van der Waals surface area contributed by atoms with Crippen molar-refractivity contribution in [3.8, 4) is 0 Å². The normalized spacial score (nSPS) is 19.3. The maximum Gasteiger partial charge on any atom is 0.308 e. The van der Waals surface area contributed by atoms with E-state index in [9.17, 15) is 13.2 Å². The summed E-state index contributed by atoms with van der Waals surface area (Å²) in [5, 5.41) is 0.497. The number of fused-ring (bicyclic) bond motifs is 1. The van der Waals surface area contributed by atoms with Crippen LogP contribution in [0, 0.1) is 5.92 Å². The molecule has 10 heteroatoms. The predicted octanol–water partition coefficient (Wildman–Crippen LogP) is 4.07. The minimum absolute atomic E-state index is 0.0102. The average Bonchev–Trinajstić information content (AvgIpc) is 3.25. The lowest BCUT2D eigenvalue weighted by Crippen LogP contribution is -2.28. The molecule has 0 spiro atoms.